The maximum absolute atomic E-state index is 12.5. The van der Waals surface area contributed by atoms with Crippen LogP contribution in [0.2, 0.25) is 0 Å². The molecule has 2 atom stereocenters. The van der Waals surface area contributed by atoms with Gasteiger partial charge in [-0.15, -0.1) is 0 Å². The van der Waals surface area contributed by atoms with Crippen LogP contribution < -0.4 is 0 Å². The first-order valence-corrected chi connectivity index (χ1v) is 9.44. The number of carbonyl (C=O) groups excluding carboxylic acids is 2. The van der Waals surface area contributed by atoms with Gasteiger partial charge in [0.2, 0.25) is 0 Å². The highest BCUT2D eigenvalue weighted by Crippen LogP contribution is 2.32. The zero-order valence-electron chi connectivity index (χ0n) is 14.7. The van der Waals surface area contributed by atoms with Gasteiger partial charge in [-0.25, -0.2) is 0 Å². The third-order valence-corrected chi connectivity index (χ3v) is 5.31. The zero-order valence-corrected chi connectivity index (χ0v) is 14.7. The van der Waals surface area contributed by atoms with Gasteiger partial charge in [0.15, 0.2) is 0 Å². The molecule has 0 bridgehead atoms. The van der Waals surface area contributed by atoms with Gasteiger partial charge >= 0.3 is 11.9 Å². The summed E-state index contributed by atoms with van der Waals surface area (Å²) < 4.78 is 11.2. The summed E-state index contributed by atoms with van der Waals surface area (Å²) in [6.45, 7) is 3.33. The Kier molecular flexibility index (Phi) is 7.38. The minimum absolute atomic E-state index is 0.0182. The highest BCUT2D eigenvalue weighted by atomic mass is 16.6. The summed E-state index contributed by atoms with van der Waals surface area (Å²) in [4.78, 5) is 23.7. The van der Waals surface area contributed by atoms with Gasteiger partial charge in [0.1, 0.15) is 12.2 Å². The van der Waals surface area contributed by atoms with Crippen molar-refractivity contribution in [2.24, 2.45) is 11.8 Å². The van der Waals surface area contributed by atoms with Crippen LogP contribution in [0, 0.1) is 11.8 Å². The summed E-state index contributed by atoms with van der Waals surface area (Å²) in [7, 11) is 0. The average Bonchev–Trinajstić information content (AvgIpc) is 2.55. The predicted octanol–water partition coefficient (Wildman–Crippen LogP) is 4.40. The third-order valence-electron chi connectivity index (χ3n) is 5.31. The molecule has 0 N–H and O–H groups in total. The van der Waals surface area contributed by atoms with Gasteiger partial charge in [0.25, 0.3) is 0 Å². The van der Waals surface area contributed by atoms with E-state index >= 15 is 0 Å². The number of carbonyl (C=O) groups is 2. The van der Waals surface area contributed by atoms with Crippen molar-refractivity contribution in [2.45, 2.75) is 96.7 Å². The van der Waals surface area contributed by atoms with Crippen molar-refractivity contribution in [3.05, 3.63) is 0 Å². The van der Waals surface area contributed by atoms with Gasteiger partial charge in [0, 0.05) is 13.3 Å². The second-order valence-corrected chi connectivity index (χ2v) is 7.36. The van der Waals surface area contributed by atoms with Gasteiger partial charge in [-0.2, -0.15) is 0 Å². The van der Waals surface area contributed by atoms with E-state index in [1.54, 1.807) is 0 Å². The lowest BCUT2D eigenvalue weighted by atomic mass is 9.83. The summed E-state index contributed by atoms with van der Waals surface area (Å²) in [6.07, 6.45) is 11.7. The Morgan fingerprint density at radius 2 is 1.48 bits per heavy atom. The lowest BCUT2D eigenvalue weighted by molar-refractivity contribution is -0.162. The fourth-order valence-electron chi connectivity index (χ4n) is 4.09. The molecule has 0 aliphatic heterocycles. The maximum atomic E-state index is 12.5. The van der Waals surface area contributed by atoms with Crippen LogP contribution in [0.3, 0.4) is 0 Å². The average molecular weight is 324 g/mol. The van der Waals surface area contributed by atoms with Gasteiger partial charge in [-0.3, -0.25) is 9.59 Å². The van der Waals surface area contributed by atoms with Crippen molar-refractivity contribution in [1.82, 2.24) is 0 Å². The van der Waals surface area contributed by atoms with Crippen LogP contribution in [0.1, 0.15) is 84.5 Å². The fourth-order valence-corrected chi connectivity index (χ4v) is 4.09. The number of hydrogen-bond donors (Lipinski definition) is 0. The lowest BCUT2D eigenvalue weighted by Gasteiger charge is -2.33. The van der Waals surface area contributed by atoms with Crippen LogP contribution in [-0.2, 0) is 19.1 Å². The molecular weight excluding hydrogens is 292 g/mol. The lowest BCUT2D eigenvalue weighted by Crippen LogP contribution is -2.35. The number of hydrogen-bond acceptors (Lipinski definition) is 4. The quantitative estimate of drug-likeness (QED) is 0.680. The third kappa shape index (κ3) is 6.15. The molecule has 23 heavy (non-hydrogen) atoms. The van der Waals surface area contributed by atoms with Crippen LogP contribution in [0.5, 0.6) is 0 Å². The van der Waals surface area contributed by atoms with Crippen molar-refractivity contribution < 1.29 is 19.1 Å². The molecule has 2 saturated carbocycles. The molecule has 0 heterocycles. The Hall–Kier alpha value is -1.06. The molecule has 2 fully saturated rings. The first kappa shape index (κ1) is 18.3. The van der Waals surface area contributed by atoms with Gasteiger partial charge in [-0.1, -0.05) is 38.5 Å². The first-order valence-electron chi connectivity index (χ1n) is 9.44. The van der Waals surface area contributed by atoms with Crippen LogP contribution in [0.15, 0.2) is 0 Å². The zero-order chi connectivity index (χ0) is 16.7. The SMILES string of the molecule is CC(=O)O[C@H](C)C[C@H](OC(=O)C1CCCCC1)C1CCCCC1. The number of rotatable bonds is 6. The van der Waals surface area contributed by atoms with E-state index in [2.05, 4.69) is 0 Å². The summed E-state index contributed by atoms with van der Waals surface area (Å²) in [5.41, 5.74) is 0. The summed E-state index contributed by atoms with van der Waals surface area (Å²) in [5, 5.41) is 0. The molecule has 2 rings (SSSR count). The highest BCUT2D eigenvalue weighted by Gasteiger charge is 2.32. The molecule has 0 radical (unpaired) electrons. The minimum atomic E-state index is -0.265. The van der Waals surface area contributed by atoms with Crippen molar-refractivity contribution in [1.29, 1.82) is 0 Å². The van der Waals surface area contributed by atoms with Crippen LogP contribution >= 0.6 is 0 Å². The molecule has 132 valence electrons. The Labute approximate surface area is 140 Å². The first-order chi connectivity index (χ1) is 11.1. The van der Waals surface area contributed by atoms with Crippen LogP contribution in [-0.4, -0.2) is 24.1 Å². The van der Waals surface area contributed by atoms with Crippen LogP contribution in [0.25, 0.3) is 0 Å². The number of ether oxygens (including phenoxy) is 2. The van der Waals surface area contributed by atoms with Gasteiger partial charge in [0.05, 0.1) is 5.92 Å². The van der Waals surface area contributed by atoms with Crippen LogP contribution in [0.4, 0.5) is 0 Å². The fraction of sp³-hybridized carbons (Fsp3) is 0.895. The molecule has 0 unspecified atom stereocenters. The standard InChI is InChI=1S/C19H32O4/c1-14(22-15(2)20)13-18(16-9-5-3-6-10-16)23-19(21)17-11-7-4-8-12-17/h14,16-18H,3-13H2,1-2H3/t14-,18+/m1/s1. The molecule has 4 heteroatoms. The number of esters is 2. The van der Waals surface area contributed by atoms with E-state index in [0.717, 1.165) is 38.5 Å². The second-order valence-electron chi connectivity index (χ2n) is 7.36. The Morgan fingerprint density at radius 3 is 2.04 bits per heavy atom. The van der Waals surface area contributed by atoms with Crippen molar-refractivity contribution in [2.75, 3.05) is 0 Å². The molecule has 2 aliphatic rings. The molecule has 0 spiro atoms. The smallest absolute Gasteiger partial charge is 0.309 e. The molecule has 0 aromatic heterocycles. The maximum Gasteiger partial charge on any atom is 0.309 e. The van der Waals surface area contributed by atoms with E-state index in [0.29, 0.717) is 12.3 Å². The summed E-state index contributed by atoms with van der Waals surface area (Å²) in [5.74, 6) is 0.224. The second kappa shape index (κ2) is 9.29. The Bertz CT molecular complexity index is 381. The normalized spacial score (nSPS) is 23.0. The van der Waals surface area contributed by atoms with E-state index in [1.807, 2.05) is 6.92 Å². The predicted molar refractivity (Wildman–Crippen MR) is 88.9 cm³/mol. The molecule has 4 nitrogen and oxygen atoms in total. The van der Waals surface area contributed by atoms with Crippen molar-refractivity contribution in [3.8, 4) is 0 Å². The van der Waals surface area contributed by atoms with Crippen molar-refractivity contribution >= 4 is 11.9 Å². The Morgan fingerprint density at radius 1 is 0.913 bits per heavy atom. The van der Waals surface area contributed by atoms with Gasteiger partial charge in [-0.05, 0) is 38.5 Å². The highest BCUT2D eigenvalue weighted by molar-refractivity contribution is 5.72. The van der Waals surface area contributed by atoms with Crippen molar-refractivity contribution in [3.63, 3.8) is 0 Å². The topological polar surface area (TPSA) is 52.6 Å². The van der Waals surface area contributed by atoms with E-state index in [9.17, 15) is 9.59 Å². The molecule has 0 saturated heterocycles. The van der Waals surface area contributed by atoms with Gasteiger partial charge < -0.3 is 9.47 Å². The van der Waals surface area contributed by atoms with E-state index < -0.39 is 0 Å². The molecule has 0 aromatic rings. The summed E-state index contributed by atoms with van der Waals surface area (Å²) >= 11 is 0. The minimum Gasteiger partial charge on any atom is -0.463 e. The van der Waals surface area contributed by atoms with E-state index in [1.165, 1.54) is 32.6 Å². The summed E-state index contributed by atoms with van der Waals surface area (Å²) in [6, 6.07) is 0. The van der Waals surface area contributed by atoms with E-state index in [-0.39, 0.29) is 30.1 Å². The molecule has 2 aliphatic carbocycles. The largest absolute Gasteiger partial charge is 0.463 e. The molecular formula is C19H32O4. The molecule has 0 aromatic carbocycles. The molecule has 0 amide bonds. The monoisotopic (exact) mass is 324 g/mol. The van der Waals surface area contributed by atoms with E-state index in [4.69, 9.17) is 9.47 Å². The Balaban J connectivity index is 1.93.